The van der Waals surface area contributed by atoms with Gasteiger partial charge in [0.15, 0.2) is 11.5 Å². The molecule has 0 aliphatic carbocycles. The summed E-state index contributed by atoms with van der Waals surface area (Å²) in [5.41, 5.74) is 2.81. The van der Waals surface area contributed by atoms with E-state index < -0.39 is 0 Å². The SMILES string of the molecule is CN(C)C1CCN(c2ccc(NC(=O)c3ccc(C#Cc4ccccc4)o3)cc2)C1. The molecule has 30 heavy (non-hydrogen) atoms. The van der Waals surface area contributed by atoms with Crippen LogP contribution >= 0.6 is 0 Å². The number of carbonyl (C=O) groups excluding carboxylic acids is 1. The highest BCUT2D eigenvalue weighted by atomic mass is 16.3. The van der Waals surface area contributed by atoms with Gasteiger partial charge in [-0.05, 0) is 75.0 Å². The van der Waals surface area contributed by atoms with Crippen molar-refractivity contribution >= 4 is 17.3 Å². The largest absolute Gasteiger partial charge is 0.443 e. The van der Waals surface area contributed by atoms with Gasteiger partial charge in [-0.1, -0.05) is 24.1 Å². The van der Waals surface area contributed by atoms with Crippen molar-refractivity contribution in [2.24, 2.45) is 0 Å². The molecule has 4 rings (SSSR count). The van der Waals surface area contributed by atoms with E-state index in [4.69, 9.17) is 4.42 Å². The second-order valence-electron chi connectivity index (χ2n) is 7.63. The van der Waals surface area contributed by atoms with E-state index in [0.29, 0.717) is 11.8 Å². The number of benzene rings is 2. The normalized spacial score (nSPS) is 15.7. The fourth-order valence-corrected chi connectivity index (χ4v) is 3.53. The average molecular weight is 399 g/mol. The molecule has 1 amide bonds. The molecule has 3 aromatic rings. The van der Waals surface area contributed by atoms with Gasteiger partial charge in [-0.15, -0.1) is 0 Å². The summed E-state index contributed by atoms with van der Waals surface area (Å²) < 4.78 is 5.58. The number of nitrogens with one attached hydrogen (secondary N) is 1. The van der Waals surface area contributed by atoms with Crippen molar-refractivity contribution in [1.29, 1.82) is 0 Å². The van der Waals surface area contributed by atoms with Gasteiger partial charge in [-0.3, -0.25) is 4.79 Å². The Morgan fingerprint density at radius 1 is 1.03 bits per heavy atom. The van der Waals surface area contributed by atoms with Gasteiger partial charge in [0.05, 0.1) is 0 Å². The second kappa shape index (κ2) is 8.89. The topological polar surface area (TPSA) is 48.7 Å². The van der Waals surface area contributed by atoms with Crippen LogP contribution in [-0.2, 0) is 0 Å². The number of amides is 1. The molecule has 152 valence electrons. The highest BCUT2D eigenvalue weighted by Crippen LogP contribution is 2.24. The Balaban J connectivity index is 1.36. The number of nitrogens with zero attached hydrogens (tertiary/aromatic N) is 2. The first-order valence-corrected chi connectivity index (χ1v) is 10.1. The van der Waals surface area contributed by atoms with E-state index in [1.807, 2.05) is 54.6 Å². The molecule has 5 nitrogen and oxygen atoms in total. The number of hydrogen-bond donors (Lipinski definition) is 1. The summed E-state index contributed by atoms with van der Waals surface area (Å²) >= 11 is 0. The molecule has 1 saturated heterocycles. The minimum Gasteiger partial charge on any atom is -0.443 e. The molecule has 1 N–H and O–H groups in total. The van der Waals surface area contributed by atoms with Gasteiger partial charge in [0, 0.05) is 36.1 Å². The lowest BCUT2D eigenvalue weighted by Gasteiger charge is -2.22. The van der Waals surface area contributed by atoms with Gasteiger partial charge < -0.3 is 19.5 Å². The van der Waals surface area contributed by atoms with Crippen LogP contribution in [0.5, 0.6) is 0 Å². The van der Waals surface area contributed by atoms with Gasteiger partial charge in [-0.25, -0.2) is 0 Å². The van der Waals surface area contributed by atoms with E-state index in [-0.39, 0.29) is 11.7 Å². The average Bonchev–Trinajstić information content (AvgIpc) is 3.44. The highest BCUT2D eigenvalue weighted by Gasteiger charge is 2.24. The number of likely N-dealkylation sites (N-methyl/N-ethyl adjacent to an activating group) is 1. The molecular weight excluding hydrogens is 374 g/mol. The molecule has 1 aliphatic rings. The molecule has 5 heteroatoms. The molecule has 1 atom stereocenters. The third kappa shape index (κ3) is 4.73. The lowest BCUT2D eigenvalue weighted by molar-refractivity contribution is 0.0996. The Bertz CT molecular complexity index is 1060. The van der Waals surface area contributed by atoms with Crippen LogP contribution in [0.4, 0.5) is 11.4 Å². The smallest absolute Gasteiger partial charge is 0.291 e. The number of rotatable bonds is 4. The zero-order valence-corrected chi connectivity index (χ0v) is 17.3. The van der Waals surface area contributed by atoms with Gasteiger partial charge >= 0.3 is 0 Å². The van der Waals surface area contributed by atoms with Crippen LogP contribution < -0.4 is 10.2 Å². The maximum atomic E-state index is 12.5. The summed E-state index contributed by atoms with van der Waals surface area (Å²) in [6.07, 6.45) is 1.17. The molecule has 1 aliphatic heterocycles. The number of hydrogen-bond acceptors (Lipinski definition) is 4. The summed E-state index contributed by atoms with van der Waals surface area (Å²) in [5, 5.41) is 2.88. The Morgan fingerprint density at radius 3 is 2.50 bits per heavy atom. The first kappa shape index (κ1) is 19.8. The fraction of sp³-hybridized carbons (Fsp3) is 0.240. The minimum atomic E-state index is -0.288. The molecule has 2 aromatic carbocycles. The van der Waals surface area contributed by atoms with Crippen LogP contribution in [0.1, 0.15) is 28.3 Å². The van der Waals surface area contributed by atoms with Crippen molar-refractivity contribution in [3.8, 4) is 11.8 Å². The van der Waals surface area contributed by atoms with Crippen molar-refractivity contribution in [1.82, 2.24) is 4.90 Å². The van der Waals surface area contributed by atoms with Gasteiger partial charge in [-0.2, -0.15) is 0 Å². The Labute approximate surface area is 177 Å². The zero-order valence-electron chi connectivity index (χ0n) is 17.3. The van der Waals surface area contributed by atoms with E-state index in [1.165, 1.54) is 12.1 Å². The maximum absolute atomic E-state index is 12.5. The van der Waals surface area contributed by atoms with Crippen LogP contribution in [0, 0.1) is 11.8 Å². The third-order valence-corrected chi connectivity index (χ3v) is 5.32. The number of furan rings is 1. The van der Waals surface area contributed by atoms with E-state index in [0.717, 1.165) is 24.3 Å². The Morgan fingerprint density at radius 2 is 1.80 bits per heavy atom. The van der Waals surface area contributed by atoms with E-state index in [1.54, 1.807) is 12.1 Å². The van der Waals surface area contributed by atoms with Crippen molar-refractivity contribution in [3.05, 3.63) is 83.8 Å². The Hall–Kier alpha value is -3.49. The highest BCUT2D eigenvalue weighted by molar-refractivity contribution is 6.02. The first-order valence-electron chi connectivity index (χ1n) is 10.1. The summed E-state index contributed by atoms with van der Waals surface area (Å²) in [6, 6.07) is 21.5. The van der Waals surface area contributed by atoms with Crippen LogP contribution in [-0.4, -0.2) is 44.0 Å². The maximum Gasteiger partial charge on any atom is 0.291 e. The van der Waals surface area contributed by atoms with Crippen molar-refractivity contribution in [2.75, 3.05) is 37.4 Å². The molecule has 0 saturated carbocycles. The lowest BCUT2D eigenvalue weighted by atomic mass is 10.2. The van der Waals surface area contributed by atoms with Crippen LogP contribution in [0.25, 0.3) is 0 Å². The van der Waals surface area contributed by atoms with Gasteiger partial charge in [0.1, 0.15) is 0 Å². The predicted molar refractivity (Wildman–Crippen MR) is 120 cm³/mol. The molecule has 1 unspecified atom stereocenters. The quantitative estimate of drug-likeness (QED) is 0.672. The molecule has 1 fully saturated rings. The van der Waals surface area contributed by atoms with Crippen LogP contribution in [0.3, 0.4) is 0 Å². The summed E-state index contributed by atoms with van der Waals surface area (Å²) in [4.78, 5) is 17.1. The predicted octanol–water partition coefficient (Wildman–Crippen LogP) is 4.07. The molecule has 1 aromatic heterocycles. The van der Waals surface area contributed by atoms with Crippen molar-refractivity contribution in [2.45, 2.75) is 12.5 Å². The summed E-state index contributed by atoms with van der Waals surface area (Å²) in [5.74, 6) is 6.38. The first-order chi connectivity index (χ1) is 14.6. The van der Waals surface area contributed by atoms with E-state index in [9.17, 15) is 4.79 Å². The van der Waals surface area contributed by atoms with Crippen LogP contribution in [0.15, 0.2) is 71.1 Å². The summed E-state index contributed by atoms with van der Waals surface area (Å²) in [7, 11) is 4.25. The third-order valence-electron chi connectivity index (χ3n) is 5.32. The standard InChI is InChI=1S/C25H25N3O2/c1-27(2)22-16-17-28(18-22)21-11-9-20(10-12-21)26-25(29)24-15-14-23(30-24)13-8-19-6-4-3-5-7-19/h3-7,9-12,14-15,22H,16-18H2,1-2H3,(H,26,29). The molecule has 0 radical (unpaired) electrons. The van der Waals surface area contributed by atoms with E-state index in [2.05, 4.69) is 41.1 Å². The molecular formula is C25H25N3O2. The summed E-state index contributed by atoms with van der Waals surface area (Å²) in [6.45, 7) is 2.08. The van der Waals surface area contributed by atoms with Crippen molar-refractivity contribution < 1.29 is 9.21 Å². The fourth-order valence-electron chi connectivity index (χ4n) is 3.53. The van der Waals surface area contributed by atoms with Crippen molar-refractivity contribution in [3.63, 3.8) is 0 Å². The number of anilines is 2. The monoisotopic (exact) mass is 399 g/mol. The lowest BCUT2D eigenvalue weighted by Crippen LogP contribution is -2.31. The minimum absolute atomic E-state index is 0.241. The zero-order chi connectivity index (χ0) is 20.9. The van der Waals surface area contributed by atoms with Crippen LogP contribution in [0.2, 0.25) is 0 Å². The molecule has 2 heterocycles. The van der Waals surface area contributed by atoms with Gasteiger partial charge in [0.25, 0.3) is 5.91 Å². The van der Waals surface area contributed by atoms with Gasteiger partial charge in [0.2, 0.25) is 0 Å². The Kier molecular flexibility index (Phi) is 5.87. The molecule has 0 bridgehead atoms. The number of carbonyl (C=O) groups is 1. The van der Waals surface area contributed by atoms with E-state index >= 15 is 0 Å². The molecule has 0 spiro atoms. The second-order valence-corrected chi connectivity index (χ2v) is 7.63.